The number of nitrogens with zero attached hydrogens (tertiary/aromatic N) is 3. The van der Waals surface area contributed by atoms with Crippen LogP contribution in [0.3, 0.4) is 0 Å². The lowest BCUT2D eigenvalue weighted by molar-refractivity contribution is 0.712. The predicted octanol–water partition coefficient (Wildman–Crippen LogP) is 1.74. The minimum Gasteiger partial charge on any atom is -0.341 e. The van der Waals surface area contributed by atoms with Crippen LogP contribution < -0.4 is 10.2 Å². The molecule has 1 saturated carbocycles. The summed E-state index contributed by atoms with van der Waals surface area (Å²) in [5.74, 6) is 1.76. The normalized spacial score (nSPS) is 15.0. The van der Waals surface area contributed by atoms with Gasteiger partial charge in [-0.15, -0.1) is 0 Å². The molecule has 1 aliphatic carbocycles. The SMILES string of the molecule is CCN(CC1CC1)c1ncc(CNC)c(C)n1. The van der Waals surface area contributed by atoms with E-state index in [0.717, 1.165) is 37.2 Å². The number of anilines is 1. The molecule has 17 heavy (non-hydrogen) atoms. The fourth-order valence-electron chi connectivity index (χ4n) is 1.96. The fraction of sp³-hybridized carbons (Fsp3) is 0.692. The molecule has 0 unspecified atom stereocenters. The van der Waals surface area contributed by atoms with E-state index in [2.05, 4.69) is 34.0 Å². The third-order valence-electron chi connectivity index (χ3n) is 3.28. The Morgan fingerprint density at radius 1 is 1.47 bits per heavy atom. The van der Waals surface area contributed by atoms with Crippen molar-refractivity contribution >= 4 is 5.95 Å². The second-order valence-electron chi connectivity index (χ2n) is 4.79. The molecule has 2 rings (SSSR count). The Labute approximate surface area is 103 Å². The van der Waals surface area contributed by atoms with Crippen molar-refractivity contribution in [2.24, 2.45) is 5.92 Å². The zero-order valence-electron chi connectivity index (χ0n) is 11.0. The van der Waals surface area contributed by atoms with E-state index in [-0.39, 0.29) is 0 Å². The van der Waals surface area contributed by atoms with Crippen molar-refractivity contribution in [2.75, 3.05) is 25.0 Å². The first-order valence-electron chi connectivity index (χ1n) is 6.46. The quantitative estimate of drug-likeness (QED) is 0.814. The molecule has 1 fully saturated rings. The van der Waals surface area contributed by atoms with E-state index < -0.39 is 0 Å². The minimum absolute atomic E-state index is 0.834. The Kier molecular flexibility index (Phi) is 3.94. The first-order valence-corrected chi connectivity index (χ1v) is 6.46. The second kappa shape index (κ2) is 5.45. The summed E-state index contributed by atoms with van der Waals surface area (Å²) in [6.45, 7) is 7.16. The third-order valence-corrected chi connectivity index (χ3v) is 3.28. The van der Waals surface area contributed by atoms with Crippen molar-refractivity contribution in [3.63, 3.8) is 0 Å². The first-order chi connectivity index (χ1) is 8.24. The van der Waals surface area contributed by atoms with Crippen LogP contribution in [0.15, 0.2) is 6.20 Å². The van der Waals surface area contributed by atoms with Gasteiger partial charge >= 0.3 is 0 Å². The van der Waals surface area contributed by atoms with Crippen LogP contribution in [0.5, 0.6) is 0 Å². The van der Waals surface area contributed by atoms with E-state index in [9.17, 15) is 0 Å². The largest absolute Gasteiger partial charge is 0.341 e. The van der Waals surface area contributed by atoms with Crippen molar-refractivity contribution in [1.29, 1.82) is 0 Å². The first kappa shape index (κ1) is 12.3. The van der Waals surface area contributed by atoms with Crippen molar-refractivity contribution in [3.8, 4) is 0 Å². The van der Waals surface area contributed by atoms with Gasteiger partial charge in [0.05, 0.1) is 0 Å². The summed E-state index contributed by atoms with van der Waals surface area (Å²) >= 11 is 0. The summed E-state index contributed by atoms with van der Waals surface area (Å²) in [5, 5.41) is 3.14. The number of rotatable bonds is 6. The predicted molar refractivity (Wildman–Crippen MR) is 70.1 cm³/mol. The maximum absolute atomic E-state index is 4.62. The molecule has 0 spiro atoms. The Bertz CT molecular complexity index is 374. The summed E-state index contributed by atoms with van der Waals surface area (Å²) in [7, 11) is 1.94. The molecule has 1 aromatic heterocycles. The highest BCUT2D eigenvalue weighted by Gasteiger charge is 2.24. The highest BCUT2D eigenvalue weighted by molar-refractivity contribution is 5.33. The zero-order valence-corrected chi connectivity index (χ0v) is 11.0. The van der Waals surface area contributed by atoms with Gasteiger partial charge in [0.25, 0.3) is 0 Å². The van der Waals surface area contributed by atoms with E-state index in [1.165, 1.54) is 18.4 Å². The molecular formula is C13H22N4. The Hall–Kier alpha value is -1.16. The summed E-state index contributed by atoms with van der Waals surface area (Å²) < 4.78 is 0. The van der Waals surface area contributed by atoms with Gasteiger partial charge in [0.2, 0.25) is 5.95 Å². The van der Waals surface area contributed by atoms with Gasteiger partial charge in [-0.3, -0.25) is 0 Å². The van der Waals surface area contributed by atoms with Crippen LogP contribution in [0.4, 0.5) is 5.95 Å². The molecule has 0 saturated heterocycles. The van der Waals surface area contributed by atoms with E-state index >= 15 is 0 Å². The van der Waals surface area contributed by atoms with Crippen LogP contribution in [-0.4, -0.2) is 30.1 Å². The minimum atomic E-state index is 0.834. The highest BCUT2D eigenvalue weighted by atomic mass is 15.2. The Balaban J connectivity index is 2.10. The van der Waals surface area contributed by atoms with Crippen LogP contribution in [0.25, 0.3) is 0 Å². The van der Waals surface area contributed by atoms with Crippen LogP contribution in [0.1, 0.15) is 31.0 Å². The smallest absolute Gasteiger partial charge is 0.225 e. The molecule has 0 bridgehead atoms. The maximum Gasteiger partial charge on any atom is 0.225 e. The lowest BCUT2D eigenvalue weighted by Gasteiger charge is -2.21. The summed E-state index contributed by atoms with van der Waals surface area (Å²) in [5.41, 5.74) is 2.26. The van der Waals surface area contributed by atoms with Gasteiger partial charge in [-0.1, -0.05) is 0 Å². The third kappa shape index (κ3) is 3.16. The standard InChI is InChI=1S/C13H22N4/c1-4-17(9-11-5-6-11)13-15-8-12(7-14-3)10(2)16-13/h8,11,14H,4-7,9H2,1-3H3. The molecule has 4 heteroatoms. The van der Waals surface area contributed by atoms with Crippen LogP contribution in [-0.2, 0) is 6.54 Å². The van der Waals surface area contributed by atoms with Crippen molar-refractivity contribution < 1.29 is 0 Å². The van der Waals surface area contributed by atoms with Gasteiger partial charge in [-0.25, -0.2) is 9.97 Å². The van der Waals surface area contributed by atoms with Crippen LogP contribution in [0, 0.1) is 12.8 Å². The molecule has 1 heterocycles. The maximum atomic E-state index is 4.62. The summed E-state index contributed by atoms with van der Waals surface area (Å²) in [6, 6.07) is 0. The molecule has 1 N–H and O–H groups in total. The monoisotopic (exact) mass is 234 g/mol. The lowest BCUT2D eigenvalue weighted by atomic mass is 10.2. The number of aromatic nitrogens is 2. The Morgan fingerprint density at radius 2 is 2.24 bits per heavy atom. The van der Waals surface area contributed by atoms with E-state index in [1.807, 2.05) is 13.2 Å². The zero-order chi connectivity index (χ0) is 12.3. The topological polar surface area (TPSA) is 41.1 Å². The van der Waals surface area contributed by atoms with Crippen LogP contribution >= 0.6 is 0 Å². The van der Waals surface area contributed by atoms with Crippen molar-refractivity contribution in [1.82, 2.24) is 15.3 Å². The molecule has 1 aliphatic rings. The van der Waals surface area contributed by atoms with Gasteiger partial charge in [-0.2, -0.15) is 0 Å². The van der Waals surface area contributed by atoms with Gasteiger partial charge in [0.15, 0.2) is 0 Å². The molecule has 4 nitrogen and oxygen atoms in total. The number of nitrogens with one attached hydrogen (secondary N) is 1. The molecule has 0 radical (unpaired) electrons. The van der Waals surface area contributed by atoms with E-state index in [4.69, 9.17) is 0 Å². The highest BCUT2D eigenvalue weighted by Crippen LogP contribution is 2.30. The summed E-state index contributed by atoms with van der Waals surface area (Å²) in [6.07, 6.45) is 4.68. The second-order valence-corrected chi connectivity index (χ2v) is 4.79. The van der Waals surface area contributed by atoms with Crippen molar-refractivity contribution in [3.05, 3.63) is 17.5 Å². The number of hydrogen-bond acceptors (Lipinski definition) is 4. The molecule has 0 aromatic carbocycles. The number of aryl methyl sites for hydroxylation is 1. The number of hydrogen-bond donors (Lipinski definition) is 1. The molecule has 0 atom stereocenters. The molecule has 94 valence electrons. The average Bonchev–Trinajstić information content (AvgIpc) is 3.13. The van der Waals surface area contributed by atoms with Gasteiger partial charge in [0, 0.05) is 37.1 Å². The Morgan fingerprint density at radius 3 is 2.76 bits per heavy atom. The molecule has 0 amide bonds. The average molecular weight is 234 g/mol. The molecule has 0 aliphatic heterocycles. The van der Waals surface area contributed by atoms with E-state index in [0.29, 0.717) is 0 Å². The van der Waals surface area contributed by atoms with Gasteiger partial charge in [0.1, 0.15) is 0 Å². The molecular weight excluding hydrogens is 212 g/mol. The fourth-order valence-corrected chi connectivity index (χ4v) is 1.96. The van der Waals surface area contributed by atoms with Crippen molar-refractivity contribution in [2.45, 2.75) is 33.2 Å². The molecule has 1 aromatic rings. The summed E-state index contributed by atoms with van der Waals surface area (Å²) in [4.78, 5) is 11.4. The van der Waals surface area contributed by atoms with E-state index in [1.54, 1.807) is 0 Å². The lowest BCUT2D eigenvalue weighted by Crippen LogP contribution is -2.27. The van der Waals surface area contributed by atoms with Crippen LogP contribution in [0.2, 0.25) is 0 Å². The van der Waals surface area contributed by atoms with Gasteiger partial charge < -0.3 is 10.2 Å². The van der Waals surface area contributed by atoms with Gasteiger partial charge in [-0.05, 0) is 39.7 Å².